The molecule has 0 aliphatic carbocycles. The summed E-state index contributed by atoms with van der Waals surface area (Å²) >= 11 is 0. The van der Waals surface area contributed by atoms with Crippen molar-refractivity contribution in [3.63, 3.8) is 0 Å². The predicted octanol–water partition coefficient (Wildman–Crippen LogP) is 2.04. The van der Waals surface area contributed by atoms with E-state index in [-0.39, 0.29) is 11.4 Å². The summed E-state index contributed by atoms with van der Waals surface area (Å²) in [4.78, 5) is 21.9. The number of nitro groups is 1. The molecule has 1 amide bonds. The maximum atomic E-state index is 11.9. The average Bonchev–Trinajstić information content (AvgIpc) is 2.49. The van der Waals surface area contributed by atoms with Gasteiger partial charge in [0.05, 0.1) is 11.5 Å². The van der Waals surface area contributed by atoms with Crippen molar-refractivity contribution in [3.8, 4) is 5.88 Å². The second-order valence-electron chi connectivity index (χ2n) is 3.95. The number of nitrogens with one attached hydrogen (secondary N) is 1. The van der Waals surface area contributed by atoms with Gasteiger partial charge in [-0.25, -0.2) is 0 Å². The first-order valence-corrected chi connectivity index (χ1v) is 6.12. The van der Waals surface area contributed by atoms with E-state index in [1.807, 2.05) is 6.92 Å². The van der Waals surface area contributed by atoms with E-state index < -0.39 is 10.8 Å². The summed E-state index contributed by atoms with van der Waals surface area (Å²) in [6.07, 6.45) is 0. The summed E-state index contributed by atoms with van der Waals surface area (Å²) < 4.78 is 5.13. The summed E-state index contributed by atoms with van der Waals surface area (Å²) in [6, 6.07) is 8.52. The number of rotatable bonds is 5. The van der Waals surface area contributed by atoms with Crippen molar-refractivity contribution in [1.29, 1.82) is 0 Å². The highest BCUT2D eigenvalue weighted by molar-refractivity contribution is 6.02. The van der Waals surface area contributed by atoms with E-state index in [1.165, 1.54) is 30.3 Å². The lowest BCUT2D eigenvalue weighted by Crippen LogP contribution is -2.14. The lowest BCUT2D eigenvalue weighted by molar-refractivity contribution is -0.384. The lowest BCUT2D eigenvalue weighted by atomic mass is 10.2. The zero-order valence-electron chi connectivity index (χ0n) is 11.1. The summed E-state index contributed by atoms with van der Waals surface area (Å²) in [6.45, 7) is 2.28. The number of nitro benzene ring substituents is 1. The number of nitrogens with zero attached hydrogens (tertiary/aromatic N) is 3. The molecule has 0 bridgehead atoms. The molecular formula is C13H12N4O4. The molecule has 0 fully saturated rings. The van der Waals surface area contributed by atoms with Crippen molar-refractivity contribution < 1.29 is 14.5 Å². The van der Waals surface area contributed by atoms with Crippen molar-refractivity contribution in [2.75, 3.05) is 11.9 Å². The molecule has 1 N–H and O–H groups in total. The molecule has 8 heteroatoms. The van der Waals surface area contributed by atoms with Gasteiger partial charge in [0.15, 0.2) is 5.69 Å². The van der Waals surface area contributed by atoms with Gasteiger partial charge in [0.25, 0.3) is 11.6 Å². The fraction of sp³-hybridized carbons (Fsp3) is 0.154. The fourth-order valence-corrected chi connectivity index (χ4v) is 1.53. The Labute approximate surface area is 119 Å². The van der Waals surface area contributed by atoms with Crippen LogP contribution in [-0.2, 0) is 0 Å². The Kier molecular flexibility index (Phi) is 4.39. The van der Waals surface area contributed by atoms with Gasteiger partial charge in [0.2, 0.25) is 5.88 Å². The molecule has 0 aliphatic rings. The van der Waals surface area contributed by atoms with Gasteiger partial charge in [0.1, 0.15) is 0 Å². The molecule has 1 aromatic carbocycles. The van der Waals surface area contributed by atoms with Gasteiger partial charge in [-0.05, 0) is 25.1 Å². The largest absolute Gasteiger partial charge is 0.477 e. The van der Waals surface area contributed by atoms with Crippen molar-refractivity contribution >= 4 is 17.3 Å². The van der Waals surface area contributed by atoms with E-state index in [4.69, 9.17) is 4.74 Å². The van der Waals surface area contributed by atoms with Gasteiger partial charge in [-0.2, -0.15) is 0 Å². The van der Waals surface area contributed by atoms with Crippen molar-refractivity contribution in [3.05, 3.63) is 52.2 Å². The molecule has 8 nitrogen and oxygen atoms in total. The Morgan fingerprint density at radius 1 is 1.24 bits per heavy atom. The number of carbonyl (C=O) groups excluding carboxylic acids is 1. The van der Waals surface area contributed by atoms with E-state index in [2.05, 4.69) is 15.5 Å². The highest BCUT2D eigenvalue weighted by atomic mass is 16.6. The minimum atomic E-state index is -0.510. The zero-order valence-corrected chi connectivity index (χ0v) is 11.1. The third-order valence-corrected chi connectivity index (χ3v) is 2.50. The number of ether oxygens (including phenoxy) is 1. The van der Waals surface area contributed by atoms with Crippen LogP contribution in [0.2, 0.25) is 0 Å². The molecular weight excluding hydrogens is 276 g/mol. The number of hydrogen-bond donors (Lipinski definition) is 1. The zero-order chi connectivity index (χ0) is 15.2. The molecule has 0 atom stereocenters. The minimum absolute atomic E-state index is 0.0474. The molecule has 0 radical (unpaired) electrons. The number of amides is 1. The van der Waals surface area contributed by atoms with Crippen LogP contribution in [0.25, 0.3) is 0 Å². The fourth-order valence-electron chi connectivity index (χ4n) is 1.53. The van der Waals surface area contributed by atoms with Crippen LogP contribution in [0.3, 0.4) is 0 Å². The number of hydrogen-bond acceptors (Lipinski definition) is 6. The Morgan fingerprint density at radius 3 is 2.48 bits per heavy atom. The Hall–Kier alpha value is -3.03. The van der Waals surface area contributed by atoms with Crippen LogP contribution in [0.1, 0.15) is 17.4 Å². The highest BCUT2D eigenvalue weighted by Gasteiger charge is 2.10. The molecule has 1 heterocycles. The lowest BCUT2D eigenvalue weighted by Gasteiger charge is -2.05. The number of benzene rings is 1. The minimum Gasteiger partial charge on any atom is -0.477 e. The van der Waals surface area contributed by atoms with Crippen LogP contribution < -0.4 is 10.1 Å². The molecule has 0 aliphatic heterocycles. The maximum absolute atomic E-state index is 11.9. The highest BCUT2D eigenvalue weighted by Crippen LogP contribution is 2.16. The monoisotopic (exact) mass is 288 g/mol. The van der Waals surface area contributed by atoms with Crippen LogP contribution in [0.5, 0.6) is 5.88 Å². The van der Waals surface area contributed by atoms with Crippen molar-refractivity contribution in [2.24, 2.45) is 0 Å². The topological polar surface area (TPSA) is 107 Å². The Bertz CT molecular complexity index is 640. The SMILES string of the molecule is CCOc1ccc(C(=O)Nc2ccc([N+](=O)[O-])cc2)nn1. The smallest absolute Gasteiger partial charge is 0.276 e. The molecule has 21 heavy (non-hydrogen) atoms. The summed E-state index contributed by atoms with van der Waals surface area (Å²) in [7, 11) is 0. The van der Waals surface area contributed by atoms with Crippen LogP contribution in [-0.4, -0.2) is 27.6 Å². The second kappa shape index (κ2) is 6.42. The van der Waals surface area contributed by atoms with E-state index in [9.17, 15) is 14.9 Å². The molecule has 0 spiro atoms. The molecule has 2 rings (SSSR count). The maximum Gasteiger partial charge on any atom is 0.276 e. The van der Waals surface area contributed by atoms with Crippen LogP contribution >= 0.6 is 0 Å². The number of anilines is 1. The van der Waals surface area contributed by atoms with E-state index in [1.54, 1.807) is 6.07 Å². The second-order valence-corrected chi connectivity index (χ2v) is 3.95. The molecule has 0 saturated heterocycles. The third kappa shape index (κ3) is 3.72. The van der Waals surface area contributed by atoms with E-state index >= 15 is 0 Å². The molecule has 108 valence electrons. The van der Waals surface area contributed by atoms with Crippen LogP contribution in [0.4, 0.5) is 11.4 Å². The molecule has 0 unspecified atom stereocenters. The van der Waals surface area contributed by atoms with E-state index in [0.717, 1.165) is 0 Å². The Morgan fingerprint density at radius 2 is 1.95 bits per heavy atom. The van der Waals surface area contributed by atoms with Gasteiger partial charge in [-0.15, -0.1) is 10.2 Å². The Balaban J connectivity index is 2.05. The predicted molar refractivity (Wildman–Crippen MR) is 74.3 cm³/mol. The van der Waals surface area contributed by atoms with Crippen molar-refractivity contribution in [1.82, 2.24) is 10.2 Å². The summed E-state index contributed by atoms with van der Waals surface area (Å²) in [5.74, 6) is -0.121. The quantitative estimate of drug-likeness (QED) is 0.666. The molecule has 1 aromatic heterocycles. The first-order chi connectivity index (χ1) is 10.1. The van der Waals surface area contributed by atoms with Crippen molar-refractivity contribution in [2.45, 2.75) is 6.92 Å². The third-order valence-electron chi connectivity index (χ3n) is 2.50. The number of aromatic nitrogens is 2. The summed E-state index contributed by atoms with van der Waals surface area (Å²) in [5, 5.41) is 20.6. The first-order valence-electron chi connectivity index (χ1n) is 6.12. The molecule has 2 aromatic rings. The van der Waals surface area contributed by atoms with Gasteiger partial charge < -0.3 is 10.1 Å². The standard InChI is InChI=1S/C13H12N4O4/c1-2-21-12-8-7-11(15-16-12)13(18)14-9-3-5-10(6-4-9)17(19)20/h3-8H,2H2,1H3,(H,14,18). The molecule has 0 saturated carbocycles. The number of carbonyl (C=O) groups is 1. The average molecular weight is 288 g/mol. The van der Waals surface area contributed by atoms with Gasteiger partial charge in [-0.1, -0.05) is 0 Å². The van der Waals surface area contributed by atoms with E-state index in [0.29, 0.717) is 18.2 Å². The first kappa shape index (κ1) is 14.4. The van der Waals surface area contributed by atoms with Gasteiger partial charge >= 0.3 is 0 Å². The van der Waals surface area contributed by atoms with Crippen LogP contribution in [0, 0.1) is 10.1 Å². The number of non-ortho nitro benzene ring substituents is 1. The van der Waals surface area contributed by atoms with Gasteiger partial charge in [0, 0.05) is 23.9 Å². The van der Waals surface area contributed by atoms with Gasteiger partial charge in [-0.3, -0.25) is 14.9 Å². The normalized spacial score (nSPS) is 9.95. The summed E-state index contributed by atoms with van der Waals surface area (Å²) in [5.41, 5.74) is 0.506. The van der Waals surface area contributed by atoms with Crippen LogP contribution in [0.15, 0.2) is 36.4 Å².